The number of amides is 2. The molecule has 0 spiro atoms. The van der Waals surface area contributed by atoms with Crippen molar-refractivity contribution >= 4 is 17.4 Å². The highest BCUT2D eigenvalue weighted by Gasteiger charge is 2.07. The Bertz CT molecular complexity index is 720. The molecule has 0 unspecified atom stereocenters. The van der Waals surface area contributed by atoms with Gasteiger partial charge in [-0.3, -0.25) is 0 Å². The van der Waals surface area contributed by atoms with Crippen LogP contribution in [0.5, 0.6) is 0 Å². The summed E-state index contributed by atoms with van der Waals surface area (Å²) in [5, 5.41) is 5.67. The van der Waals surface area contributed by atoms with Crippen LogP contribution in [0.15, 0.2) is 42.5 Å². The van der Waals surface area contributed by atoms with Crippen molar-refractivity contribution in [2.75, 3.05) is 29.9 Å². The first kappa shape index (κ1) is 21.8. The van der Waals surface area contributed by atoms with Gasteiger partial charge in [0.2, 0.25) is 0 Å². The van der Waals surface area contributed by atoms with E-state index in [1.54, 1.807) is 6.07 Å². The molecule has 0 fully saturated rings. The van der Waals surface area contributed by atoms with Crippen molar-refractivity contribution in [3.8, 4) is 0 Å². The Hall–Kier alpha value is -2.27. The first-order chi connectivity index (χ1) is 12.0. The summed E-state index contributed by atoms with van der Waals surface area (Å²) in [5.74, 6) is -0.258. The summed E-state index contributed by atoms with van der Waals surface area (Å²) in [5.41, 5.74) is 3.82. The Balaban J connectivity index is 0.00000338. The van der Waals surface area contributed by atoms with Gasteiger partial charge in [0.25, 0.3) is 0 Å². The van der Waals surface area contributed by atoms with E-state index in [1.807, 2.05) is 25.1 Å². The predicted octanol–water partition coefficient (Wildman–Crippen LogP) is 1.35. The van der Waals surface area contributed by atoms with Gasteiger partial charge in [-0.1, -0.05) is 12.1 Å². The zero-order chi connectivity index (χ0) is 18.2. The van der Waals surface area contributed by atoms with Crippen LogP contribution in [0.3, 0.4) is 0 Å². The molecule has 0 bridgehead atoms. The van der Waals surface area contributed by atoms with Crippen molar-refractivity contribution in [1.29, 1.82) is 0 Å². The van der Waals surface area contributed by atoms with Gasteiger partial charge in [-0.25, -0.2) is 9.18 Å². The molecule has 6 heteroatoms. The summed E-state index contributed by atoms with van der Waals surface area (Å²) in [7, 11) is 0. The van der Waals surface area contributed by atoms with Crippen LogP contribution in [0.1, 0.15) is 25.0 Å². The number of hydrogen-bond donors (Lipinski definition) is 2. The number of hydrogen-bond acceptors (Lipinski definition) is 2. The minimum absolute atomic E-state index is 0. The number of anilines is 2. The highest BCUT2D eigenvalue weighted by atomic mass is 35.5. The zero-order valence-electron chi connectivity index (χ0n) is 15.5. The second kappa shape index (κ2) is 10.7. The third kappa shape index (κ3) is 6.23. The molecule has 0 saturated heterocycles. The molecule has 2 rings (SSSR count). The Morgan fingerprint density at radius 3 is 2.46 bits per heavy atom. The largest absolute Gasteiger partial charge is 1.00 e. The maximum absolute atomic E-state index is 13.1. The van der Waals surface area contributed by atoms with Gasteiger partial charge < -0.3 is 27.9 Å². The van der Waals surface area contributed by atoms with E-state index in [-0.39, 0.29) is 24.3 Å². The van der Waals surface area contributed by atoms with Crippen LogP contribution in [0.2, 0.25) is 0 Å². The number of urea groups is 1. The fraction of sp³-hybridized carbons (Fsp3) is 0.350. The molecule has 0 saturated carbocycles. The second-order valence-corrected chi connectivity index (χ2v) is 5.93. The minimum Gasteiger partial charge on any atom is -1.00 e. The summed E-state index contributed by atoms with van der Waals surface area (Å²) in [6, 6.07) is 12.2. The lowest BCUT2D eigenvalue weighted by molar-refractivity contribution is -0.00000904. The molecule has 0 heterocycles. The van der Waals surface area contributed by atoms with Crippen molar-refractivity contribution < 1.29 is 21.6 Å². The first-order valence-corrected chi connectivity index (χ1v) is 8.68. The third-order valence-electron chi connectivity index (χ3n) is 4.18. The summed E-state index contributed by atoms with van der Waals surface area (Å²) in [6.07, 6.45) is 0.588. The first-order valence-electron chi connectivity index (χ1n) is 8.68. The van der Waals surface area contributed by atoms with Crippen LogP contribution < -0.4 is 27.9 Å². The number of rotatable bonds is 7. The van der Waals surface area contributed by atoms with Gasteiger partial charge in [0.15, 0.2) is 0 Å². The molecular weight excluding hydrogens is 353 g/mol. The SMILES string of the molecule is CCN(CC)c1ccc(NC(=O)NCCc2cccc(F)c2)c(C)c1.[Cl-]. The number of carbonyl (C=O) groups is 1. The fourth-order valence-corrected chi connectivity index (χ4v) is 2.75. The van der Waals surface area contributed by atoms with E-state index in [0.717, 1.165) is 35.6 Å². The molecule has 0 radical (unpaired) electrons. The smallest absolute Gasteiger partial charge is 0.319 e. The van der Waals surface area contributed by atoms with E-state index in [0.29, 0.717) is 13.0 Å². The van der Waals surface area contributed by atoms with Crippen molar-refractivity contribution in [3.63, 3.8) is 0 Å². The molecule has 0 aliphatic heterocycles. The molecule has 0 aromatic heterocycles. The van der Waals surface area contributed by atoms with Crippen LogP contribution in [0, 0.1) is 12.7 Å². The van der Waals surface area contributed by atoms with Crippen LogP contribution in [-0.4, -0.2) is 25.7 Å². The maximum atomic E-state index is 13.1. The lowest BCUT2D eigenvalue weighted by Gasteiger charge is -2.22. The van der Waals surface area contributed by atoms with Crippen molar-refractivity contribution in [2.24, 2.45) is 0 Å². The molecule has 4 nitrogen and oxygen atoms in total. The van der Waals surface area contributed by atoms with E-state index in [4.69, 9.17) is 0 Å². The highest BCUT2D eigenvalue weighted by molar-refractivity contribution is 5.90. The number of carbonyl (C=O) groups excluding carboxylic acids is 1. The number of nitrogens with zero attached hydrogens (tertiary/aromatic N) is 1. The third-order valence-corrected chi connectivity index (χ3v) is 4.18. The summed E-state index contributed by atoms with van der Waals surface area (Å²) in [6.45, 7) is 8.57. The van der Waals surface area contributed by atoms with Crippen LogP contribution in [-0.2, 0) is 6.42 Å². The van der Waals surface area contributed by atoms with E-state index >= 15 is 0 Å². The van der Waals surface area contributed by atoms with Crippen LogP contribution >= 0.6 is 0 Å². The van der Waals surface area contributed by atoms with Gasteiger partial charge in [-0.2, -0.15) is 0 Å². The Kier molecular flexibility index (Phi) is 8.93. The average molecular weight is 379 g/mol. The topological polar surface area (TPSA) is 44.4 Å². The molecule has 2 N–H and O–H groups in total. The van der Waals surface area contributed by atoms with E-state index in [1.165, 1.54) is 12.1 Å². The molecular formula is C20H26ClFN3O-. The van der Waals surface area contributed by atoms with Gasteiger partial charge >= 0.3 is 6.03 Å². The highest BCUT2D eigenvalue weighted by Crippen LogP contribution is 2.22. The standard InChI is InChI=1S/C20H26FN3O.ClH/c1-4-24(5-2)18-9-10-19(15(3)13-18)23-20(25)22-12-11-16-7-6-8-17(21)14-16;/h6-10,13-14H,4-5,11-12H2,1-3H3,(H2,22,23,25);1H/p-1. The molecule has 142 valence electrons. The molecule has 26 heavy (non-hydrogen) atoms. The number of aryl methyl sites for hydroxylation is 1. The van der Waals surface area contributed by atoms with Gasteiger partial charge in [-0.15, -0.1) is 0 Å². The Morgan fingerprint density at radius 2 is 1.85 bits per heavy atom. The van der Waals surface area contributed by atoms with E-state index in [2.05, 4.69) is 35.4 Å². The maximum Gasteiger partial charge on any atom is 0.319 e. The number of benzene rings is 2. The van der Waals surface area contributed by atoms with Crippen LogP contribution in [0.25, 0.3) is 0 Å². The van der Waals surface area contributed by atoms with Crippen LogP contribution in [0.4, 0.5) is 20.6 Å². The van der Waals surface area contributed by atoms with Crippen molar-refractivity contribution in [1.82, 2.24) is 5.32 Å². The second-order valence-electron chi connectivity index (χ2n) is 5.93. The fourth-order valence-electron chi connectivity index (χ4n) is 2.75. The molecule has 2 aromatic carbocycles. The number of halogens is 2. The van der Waals surface area contributed by atoms with E-state index in [9.17, 15) is 9.18 Å². The quantitative estimate of drug-likeness (QED) is 0.764. The molecule has 0 atom stereocenters. The minimum atomic E-state index is -0.258. The summed E-state index contributed by atoms with van der Waals surface area (Å²) >= 11 is 0. The molecule has 2 aromatic rings. The van der Waals surface area contributed by atoms with Crippen molar-refractivity contribution in [2.45, 2.75) is 27.2 Å². The van der Waals surface area contributed by atoms with Gasteiger partial charge in [0, 0.05) is 31.0 Å². The molecule has 0 aliphatic rings. The van der Waals surface area contributed by atoms with Gasteiger partial charge in [0.1, 0.15) is 5.82 Å². The summed E-state index contributed by atoms with van der Waals surface area (Å²) in [4.78, 5) is 14.3. The predicted molar refractivity (Wildman–Crippen MR) is 102 cm³/mol. The lowest BCUT2D eigenvalue weighted by atomic mass is 10.1. The monoisotopic (exact) mass is 378 g/mol. The Labute approximate surface area is 161 Å². The van der Waals surface area contributed by atoms with Gasteiger partial charge in [0.05, 0.1) is 0 Å². The van der Waals surface area contributed by atoms with Crippen molar-refractivity contribution in [3.05, 3.63) is 59.4 Å². The number of nitrogens with one attached hydrogen (secondary N) is 2. The van der Waals surface area contributed by atoms with Gasteiger partial charge in [-0.05, 0) is 68.7 Å². The lowest BCUT2D eigenvalue weighted by Crippen LogP contribution is -3.00. The average Bonchev–Trinajstić information content (AvgIpc) is 2.58. The Morgan fingerprint density at radius 1 is 1.12 bits per heavy atom. The summed E-state index contributed by atoms with van der Waals surface area (Å²) < 4.78 is 13.1. The molecule has 2 amide bonds. The zero-order valence-corrected chi connectivity index (χ0v) is 16.2. The molecule has 0 aliphatic carbocycles. The van der Waals surface area contributed by atoms with E-state index < -0.39 is 0 Å². The normalized spacial score (nSPS) is 10.0.